The second-order valence-corrected chi connectivity index (χ2v) is 6.44. The molecule has 122 valence electrons. The summed E-state index contributed by atoms with van der Waals surface area (Å²) in [7, 11) is 1.84. The van der Waals surface area contributed by atoms with Crippen molar-refractivity contribution in [2.24, 2.45) is 0 Å². The number of nitrogens with zero attached hydrogens (tertiary/aromatic N) is 1. The molecule has 1 aliphatic heterocycles. The Morgan fingerprint density at radius 1 is 1.09 bits per heavy atom. The van der Waals surface area contributed by atoms with Gasteiger partial charge in [-0.05, 0) is 37.7 Å². The minimum absolute atomic E-state index is 0.410. The van der Waals surface area contributed by atoms with Crippen LogP contribution in [0.1, 0.15) is 37.7 Å². The van der Waals surface area contributed by atoms with Gasteiger partial charge in [-0.2, -0.15) is 5.06 Å². The van der Waals surface area contributed by atoms with Crippen molar-refractivity contribution in [3.63, 3.8) is 0 Å². The van der Waals surface area contributed by atoms with Crippen LogP contribution in [0.4, 0.5) is 0 Å². The Morgan fingerprint density at radius 3 is 2.59 bits per heavy atom. The van der Waals surface area contributed by atoms with Gasteiger partial charge in [0.15, 0.2) is 0 Å². The molecule has 1 saturated heterocycles. The fourth-order valence-electron chi connectivity index (χ4n) is 3.59. The summed E-state index contributed by atoms with van der Waals surface area (Å²) in [4.78, 5) is 5.91. The van der Waals surface area contributed by atoms with Crippen LogP contribution in [0.3, 0.4) is 0 Å². The highest BCUT2D eigenvalue weighted by Crippen LogP contribution is 2.23. The fraction of sp³-hybridized carbons (Fsp3) is 0.667. The van der Waals surface area contributed by atoms with Gasteiger partial charge in [-0.25, -0.2) is 0 Å². The number of rotatable bonds is 6. The van der Waals surface area contributed by atoms with Crippen molar-refractivity contribution < 1.29 is 9.57 Å². The number of methoxy groups -OCH3 is 1. The van der Waals surface area contributed by atoms with E-state index in [0.717, 1.165) is 25.9 Å². The van der Waals surface area contributed by atoms with Gasteiger partial charge in [0.1, 0.15) is 0 Å². The molecule has 1 N–H and O–H groups in total. The first-order chi connectivity index (χ1) is 10.8. The highest BCUT2D eigenvalue weighted by Gasteiger charge is 2.30. The zero-order chi connectivity index (χ0) is 15.2. The van der Waals surface area contributed by atoms with Gasteiger partial charge in [0, 0.05) is 32.3 Å². The molecule has 1 heterocycles. The standard InChI is InChI=1S/C18H28N2O2/c1-21-18-9-5-8-17(18)19-16-10-12-20(13-11-16)22-14-15-6-3-2-4-7-15/h2-4,6-7,16-19H,5,8-14H2,1H3/t17-,18-/m1/s1. The van der Waals surface area contributed by atoms with E-state index in [1.165, 1.54) is 24.8 Å². The van der Waals surface area contributed by atoms with Crippen LogP contribution in [0.25, 0.3) is 0 Å². The third kappa shape index (κ3) is 4.29. The molecule has 1 aliphatic carbocycles. The van der Waals surface area contributed by atoms with E-state index in [1.807, 2.05) is 13.2 Å². The summed E-state index contributed by atoms with van der Waals surface area (Å²) >= 11 is 0. The molecule has 4 heteroatoms. The summed E-state index contributed by atoms with van der Waals surface area (Å²) in [5, 5.41) is 5.92. The Kier molecular flexibility index (Phi) is 5.84. The Balaban J connectivity index is 1.37. The van der Waals surface area contributed by atoms with Crippen molar-refractivity contribution in [3.8, 4) is 0 Å². The number of hydroxylamine groups is 2. The molecule has 1 aromatic carbocycles. The van der Waals surface area contributed by atoms with Gasteiger partial charge in [0.05, 0.1) is 12.7 Å². The molecule has 2 fully saturated rings. The second-order valence-electron chi connectivity index (χ2n) is 6.44. The van der Waals surface area contributed by atoms with Crippen LogP contribution in [-0.4, -0.2) is 43.5 Å². The number of hydrogen-bond donors (Lipinski definition) is 1. The molecule has 22 heavy (non-hydrogen) atoms. The molecule has 0 bridgehead atoms. The lowest BCUT2D eigenvalue weighted by molar-refractivity contribution is -0.181. The molecule has 2 atom stereocenters. The normalized spacial score (nSPS) is 27.3. The van der Waals surface area contributed by atoms with E-state index in [2.05, 4.69) is 34.6 Å². The highest BCUT2D eigenvalue weighted by molar-refractivity contribution is 5.13. The van der Waals surface area contributed by atoms with Gasteiger partial charge in [0.2, 0.25) is 0 Å². The predicted octanol–water partition coefficient (Wildman–Crippen LogP) is 2.74. The Hall–Kier alpha value is -0.940. The molecule has 4 nitrogen and oxygen atoms in total. The van der Waals surface area contributed by atoms with Gasteiger partial charge in [0.25, 0.3) is 0 Å². The first-order valence-corrected chi connectivity index (χ1v) is 8.56. The van der Waals surface area contributed by atoms with Crippen molar-refractivity contribution in [1.82, 2.24) is 10.4 Å². The SMILES string of the molecule is CO[C@@H]1CCC[C@H]1NC1CCN(OCc2ccccc2)CC1. The number of piperidine rings is 1. The molecule has 2 aliphatic rings. The number of nitrogens with one attached hydrogen (secondary N) is 1. The quantitative estimate of drug-likeness (QED) is 0.876. The van der Waals surface area contributed by atoms with Gasteiger partial charge >= 0.3 is 0 Å². The van der Waals surface area contributed by atoms with Gasteiger partial charge in [-0.15, -0.1) is 0 Å². The lowest BCUT2D eigenvalue weighted by atomic mass is 10.0. The maximum Gasteiger partial charge on any atom is 0.0935 e. The van der Waals surface area contributed by atoms with E-state index >= 15 is 0 Å². The Morgan fingerprint density at radius 2 is 1.86 bits per heavy atom. The van der Waals surface area contributed by atoms with Crippen molar-refractivity contribution in [1.29, 1.82) is 0 Å². The van der Waals surface area contributed by atoms with Crippen LogP contribution in [-0.2, 0) is 16.2 Å². The highest BCUT2D eigenvalue weighted by atomic mass is 16.7. The summed E-state index contributed by atoms with van der Waals surface area (Å²) < 4.78 is 5.58. The summed E-state index contributed by atoms with van der Waals surface area (Å²) in [6, 6.07) is 11.5. The molecule has 1 aromatic rings. The summed E-state index contributed by atoms with van der Waals surface area (Å²) in [5.41, 5.74) is 1.23. The van der Waals surface area contributed by atoms with Crippen LogP contribution in [0.5, 0.6) is 0 Å². The second kappa shape index (κ2) is 8.06. The van der Waals surface area contributed by atoms with Crippen LogP contribution in [0.2, 0.25) is 0 Å². The minimum atomic E-state index is 0.410. The van der Waals surface area contributed by atoms with E-state index in [-0.39, 0.29) is 0 Å². The molecule has 0 radical (unpaired) electrons. The van der Waals surface area contributed by atoms with Gasteiger partial charge in [-0.1, -0.05) is 30.3 Å². The van der Waals surface area contributed by atoms with Crippen molar-refractivity contribution in [2.75, 3.05) is 20.2 Å². The molecule has 3 rings (SSSR count). The van der Waals surface area contributed by atoms with E-state index in [9.17, 15) is 0 Å². The van der Waals surface area contributed by atoms with Crippen molar-refractivity contribution in [2.45, 2.75) is 56.9 Å². The topological polar surface area (TPSA) is 33.7 Å². The van der Waals surface area contributed by atoms with E-state index < -0.39 is 0 Å². The first-order valence-electron chi connectivity index (χ1n) is 8.56. The molecule has 0 aromatic heterocycles. The summed E-state index contributed by atoms with van der Waals surface area (Å²) in [6.07, 6.45) is 6.46. The Labute approximate surface area is 133 Å². The maximum absolute atomic E-state index is 5.91. The zero-order valence-electron chi connectivity index (χ0n) is 13.5. The lowest BCUT2D eigenvalue weighted by Crippen LogP contribution is -2.48. The molecule has 1 saturated carbocycles. The predicted molar refractivity (Wildman–Crippen MR) is 87.4 cm³/mol. The van der Waals surface area contributed by atoms with Crippen LogP contribution in [0.15, 0.2) is 30.3 Å². The molecular formula is C18H28N2O2. The van der Waals surface area contributed by atoms with Crippen LogP contribution < -0.4 is 5.32 Å². The molecule has 0 spiro atoms. The average Bonchev–Trinajstić information content (AvgIpc) is 3.02. The summed E-state index contributed by atoms with van der Waals surface area (Å²) in [5.74, 6) is 0. The van der Waals surface area contributed by atoms with Crippen molar-refractivity contribution in [3.05, 3.63) is 35.9 Å². The molecule has 0 amide bonds. The minimum Gasteiger partial charge on any atom is -0.380 e. The number of benzene rings is 1. The third-order valence-electron chi connectivity index (χ3n) is 4.92. The zero-order valence-corrected chi connectivity index (χ0v) is 13.5. The maximum atomic E-state index is 5.91. The first kappa shape index (κ1) is 15.9. The smallest absolute Gasteiger partial charge is 0.0935 e. The lowest BCUT2D eigenvalue weighted by Gasteiger charge is -2.34. The van der Waals surface area contributed by atoms with Gasteiger partial charge in [-0.3, -0.25) is 4.84 Å². The van der Waals surface area contributed by atoms with E-state index in [4.69, 9.17) is 9.57 Å². The third-order valence-corrected chi connectivity index (χ3v) is 4.92. The molecular weight excluding hydrogens is 276 g/mol. The largest absolute Gasteiger partial charge is 0.380 e. The monoisotopic (exact) mass is 304 g/mol. The van der Waals surface area contributed by atoms with E-state index in [1.54, 1.807) is 0 Å². The van der Waals surface area contributed by atoms with Crippen LogP contribution in [0, 0.1) is 0 Å². The Bertz CT molecular complexity index is 432. The average molecular weight is 304 g/mol. The van der Waals surface area contributed by atoms with E-state index in [0.29, 0.717) is 24.8 Å². The van der Waals surface area contributed by atoms with Gasteiger partial charge < -0.3 is 10.1 Å². The molecule has 0 unspecified atom stereocenters. The number of hydrogen-bond acceptors (Lipinski definition) is 4. The fourth-order valence-corrected chi connectivity index (χ4v) is 3.59. The number of ether oxygens (including phenoxy) is 1. The van der Waals surface area contributed by atoms with Crippen LogP contribution >= 0.6 is 0 Å². The summed E-state index contributed by atoms with van der Waals surface area (Å²) in [6.45, 7) is 2.69. The van der Waals surface area contributed by atoms with Crippen molar-refractivity contribution >= 4 is 0 Å².